The Balaban J connectivity index is 1.60. The summed E-state index contributed by atoms with van der Waals surface area (Å²) >= 11 is 0. The van der Waals surface area contributed by atoms with Gasteiger partial charge in [0.05, 0.1) is 4.90 Å². The minimum Gasteiger partial charge on any atom is -0.407 e. The van der Waals surface area contributed by atoms with Crippen molar-refractivity contribution < 1.29 is 17.6 Å². The highest BCUT2D eigenvalue weighted by molar-refractivity contribution is 7.92. The zero-order chi connectivity index (χ0) is 19.3. The standard InChI is InChI=1S/C18H18N4O4S/c19-17(23)15-11-5-4-7-13(15)8-6-12-16-20-21-18(26-16)22-27(24,25)14-9-2-1-3-10-14/h1-5,7,9-11H,6,8,12H2,(H2,19,23)(H,21,22). The van der Waals surface area contributed by atoms with Gasteiger partial charge < -0.3 is 10.2 Å². The second kappa shape index (κ2) is 8.00. The number of carbonyl (C=O) groups is 1. The summed E-state index contributed by atoms with van der Waals surface area (Å²) < 4.78 is 32.1. The third-order valence-corrected chi connectivity index (χ3v) is 5.20. The molecule has 1 amide bonds. The molecule has 8 nitrogen and oxygen atoms in total. The van der Waals surface area contributed by atoms with Crippen molar-refractivity contribution >= 4 is 21.9 Å². The molecular weight excluding hydrogens is 368 g/mol. The van der Waals surface area contributed by atoms with Gasteiger partial charge in [0.15, 0.2) is 0 Å². The van der Waals surface area contributed by atoms with Gasteiger partial charge in [-0.25, -0.2) is 13.1 Å². The van der Waals surface area contributed by atoms with Crippen LogP contribution in [0.25, 0.3) is 0 Å². The SMILES string of the molecule is NC(=O)c1ccccc1CCCc1nnc(NS(=O)(=O)c2ccccc2)o1. The summed E-state index contributed by atoms with van der Waals surface area (Å²) in [6, 6.07) is 14.8. The molecule has 0 aliphatic heterocycles. The Labute approximate surface area is 156 Å². The summed E-state index contributed by atoms with van der Waals surface area (Å²) in [6.45, 7) is 0. The third-order valence-electron chi connectivity index (χ3n) is 3.86. The topological polar surface area (TPSA) is 128 Å². The number of nitrogens with zero attached hydrogens (tertiary/aromatic N) is 2. The maximum absolute atomic E-state index is 12.2. The van der Waals surface area contributed by atoms with Crippen LogP contribution in [0.4, 0.5) is 6.01 Å². The van der Waals surface area contributed by atoms with E-state index in [9.17, 15) is 13.2 Å². The second-order valence-electron chi connectivity index (χ2n) is 5.79. The largest absolute Gasteiger partial charge is 0.407 e. The van der Waals surface area contributed by atoms with Crippen molar-refractivity contribution in [3.8, 4) is 0 Å². The monoisotopic (exact) mass is 386 g/mol. The van der Waals surface area contributed by atoms with E-state index >= 15 is 0 Å². The first-order valence-electron chi connectivity index (χ1n) is 8.23. The van der Waals surface area contributed by atoms with Crippen LogP contribution < -0.4 is 10.5 Å². The van der Waals surface area contributed by atoms with Crippen molar-refractivity contribution in [2.45, 2.75) is 24.2 Å². The molecule has 0 radical (unpaired) electrons. The summed E-state index contributed by atoms with van der Waals surface area (Å²) in [6.07, 6.45) is 1.68. The van der Waals surface area contributed by atoms with E-state index in [0.29, 0.717) is 30.7 Å². The maximum atomic E-state index is 12.2. The van der Waals surface area contributed by atoms with Gasteiger partial charge in [-0.1, -0.05) is 41.5 Å². The average Bonchev–Trinajstić information content (AvgIpc) is 3.09. The number of amides is 1. The third kappa shape index (κ3) is 4.70. The molecule has 0 aliphatic carbocycles. The molecule has 0 saturated heterocycles. The average molecular weight is 386 g/mol. The molecule has 0 unspecified atom stereocenters. The highest BCUT2D eigenvalue weighted by atomic mass is 32.2. The van der Waals surface area contributed by atoms with E-state index in [1.54, 1.807) is 30.3 Å². The molecule has 3 rings (SSSR count). The van der Waals surface area contributed by atoms with Crippen molar-refractivity contribution in [1.82, 2.24) is 10.2 Å². The Bertz CT molecular complexity index is 1030. The van der Waals surface area contributed by atoms with Crippen molar-refractivity contribution in [3.63, 3.8) is 0 Å². The number of aromatic nitrogens is 2. The van der Waals surface area contributed by atoms with Gasteiger partial charge in [0.25, 0.3) is 10.0 Å². The zero-order valence-electron chi connectivity index (χ0n) is 14.3. The van der Waals surface area contributed by atoms with Crippen LogP contribution in [0.5, 0.6) is 0 Å². The first-order chi connectivity index (χ1) is 13.0. The summed E-state index contributed by atoms with van der Waals surface area (Å²) in [5.41, 5.74) is 6.69. The fourth-order valence-electron chi connectivity index (χ4n) is 2.58. The number of primary amides is 1. The van der Waals surface area contributed by atoms with Gasteiger partial charge in [-0.15, -0.1) is 5.10 Å². The van der Waals surface area contributed by atoms with Crippen molar-refractivity contribution in [2.75, 3.05) is 4.72 Å². The lowest BCUT2D eigenvalue weighted by Crippen LogP contribution is -2.13. The van der Waals surface area contributed by atoms with Gasteiger partial charge in [0.2, 0.25) is 11.8 Å². The molecule has 0 atom stereocenters. The van der Waals surface area contributed by atoms with E-state index in [1.165, 1.54) is 12.1 Å². The number of sulfonamides is 1. The lowest BCUT2D eigenvalue weighted by molar-refractivity contribution is 0.0999. The fraction of sp³-hybridized carbons (Fsp3) is 0.167. The van der Waals surface area contributed by atoms with Crippen LogP contribution in [0.15, 0.2) is 63.9 Å². The van der Waals surface area contributed by atoms with Crippen LogP contribution in [0.1, 0.15) is 28.2 Å². The molecule has 3 aromatic rings. The number of nitrogens with one attached hydrogen (secondary N) is 1. The Morgan fingerprint density at radius 2 is 1.70 bits per heavy atom. The number of hydrogen-bond acceptors (Lipinski definition) is 6. The van der Waals surface area contributed by atoms with E-state index in [0.717, 1.165) is 5.56 Å². The lowest BCUT2D eigenvalue weighted by Gasteiger charge is -2.05. The summed E-state index contributed by atoms with van der Waals surface area (Å²) in [5, 5.41) is 7.56. The maximum Gasteiger partial charge on any atom is 0.329 e. The van der Waals surface area contributed by atoms with E-state index in [1.807, 2.05) is 12.1 Å². The van der Waals surface area contributed by atoms with Gasteiger partial charge >= 0.3 is 6.01 Å². The Morgan fingerprint density at radius 3 is 2.44 bits per heavy atom. The number of hydrogen-bond donors (Lipinski definition) is 2. The molecule has 27 heavy (non-hydrogen) atoms. The molecule has 0 aliphatic rings. The number of benzene rings is 2. The highest BCUT2D eigenvalue weighted by Gasteiger charge is 2.17. The predicted octanol–water partition coefficient (Wildman–Crippen LogP) is 2.14. The van der Waals surface area contributed by atoms with E-state index in [-0.39, 0.29) is 10.9 Å². The summed E-state index contributed by atoms with van der Waals surface area (Å²) in [7, 11) is -3.78. The van der Waals surface area contributed by atoms with Crippen LogP contribution >= 0.6 is 0 Å². The molecule has 1 aromatic heterocycles. The number of aryl methyl sites for hydroxylation is 2. The van der Waals surface area contributed by atoms with E-state index in [2.05, 4.69) is 14.9 Å². The molecule has 0 bridgehead atoms. The number of anilines is 1. The number of nitrogens with two attached hydrogens (primary N) is 1. The van der Waals surface area contributed by atoms with Gasteiger partial charge in [0, 0.05) is 12.0 Å². The Kier molecular flexibility index (Phi) is 5.51. The first-order valence-corrected chi connectivity index (χ1v) is 9.72. The van der Waals surface area contributed by atoms with E-state index < -0.39 is 15.9 Å². The van der Waals surface area contributed by atoms with Crippen molar-refractivity contribution in [3.05, 3.63) is 71.6 Å². The highest BCUT2D eigenvalue weighted by Crippen LogP contribution is 2.16. The van der Waals surface area contributed by atoms with Gasteiger partial charge in [-0.3, -0.25) is 4.79 Å². The van der Waals surface area contributed by atoms with E-state index in [4.69, 9.17) is 10.2 Å². The van der Waals surface area contributed by atoms with Crippen LogP contribution in [0, 0.1) is 0 Å². The normalized spacial score (nSPS) is 11.3. The molecule has 9 heteroatoms. The van der Waals surface area contributed by atoms with Crippen LogP contribution in [0.2, 0.25) is 0 Å². The Hall–Kier alpha value is -3.20. The Morgan fingerprint density at radius 1 is 1.00 bits per heavy atom. The smallest absolute Gasteiger partial charge is 0.329 e. The molecule has 1 heterocycles. The molecular formula is C18H18N4O4S. The molecule has 3 N–H and O–H groups in total. The molecule has 0 spiro atoms. The van der Waals surface area contributed by atoms with Crippen molar-refractivity contribution in [1.29, 1.82) is 0 Å². The predicted molar refractivity (Wildman–Crippen MR) is 98.5 cm³/mol. The van der Waals surface area contributed by atoms with Crippen LogP contribution in [0.3, 0.4) is 0 Å². The summed E-state index contributed by atoms with van der Waals surface area (Å²) in [5.74, 6) is -0.168. The first kappa shape index (κ1) is 18.6. The quantitative estimate of drug-likeness (QED) is 0.610. The van der Waals surface area contributed by atoms with Crippen LogP contribution in [-0.4, -0.2) is 24.5 Å². The fourth-order valence-corrected chi connectivity index (χ4v) is 3.52. The summed E-state index contributed by atoms with van der Waals surface area (Å²) in [4.78, 5) is 11.5. The molecule has 0 saturated carbocycles. The van der Waals surface area contributed by atoms with Gasteiger partial charge in [-0.2, -0.15) is 0 Å². The zero-order valence-corrected chi connectivity index (χ0v) is 15.1. The second-order valence-corrected chi connectivity index (χ2v) is 7.48. The van der Waals surface area contributed by atoms with Gasteiger partial charge in [-0.05, 0) is 36.6 Å². The minimum atomic E-state index is -3.78. The minimum absolute atomic E-state index is 0.104. The number of rotatable bonds is 8. The van der Waals surface area contributed by atoms with Crippen molar-refractivity contribution in [2.24, 2.45) is 5.73 Å². The number of carbonyl (C=O) groups excluding carboxylic acids is 1. The lowest BCUT2D eigenvalue weighted by atomic mass is 10.0. The molecule has 2 aromatic carbocycles. The molecule has 0 fully saturated rings. The molecule has 140 valence electrons. The van der Waals surface area contributed by atoms with Crippen LogP contribution in [-0.2, 0) is 22.9 Å². The van der Waals surface area contributed by atoms with Gasteiger partial charge in [0.1, 0.15) is 0 Å².